The Morgan fingerprint density at radius 1 is 0.917 bits per heavy atom. The fourth-order valence-electron chi connectivity index (χ4n) is 4.17. The first-order valence-corrected chi connectivity index (χ1v) is 12.9. The van der Waals surface area contributed by atoms with Gasteiger partial charge in [0.1, 0.15) is 17.1 Å². The van der Waals surface area contributed by atoms with Gasteiger partial charge in [0.05, 0.1) is 26.3 Å². The average molecular weight is 503 g/mol. The number of fused-ring (bicyclic) bond motifs is 1. The normalized spacial score (nSPS) is 12.6. The van der Waals surface area contributed by atoms with E-state index in [-0.39, 0.29) is 18.4 Å². The van der Waals surface area contributed by atoms with E-state index < -0.39 is 11.4 Å². The molecular formula is C29H30N2O4S. The molecule has 0 saturated heterocycles. The molecule has 1 N–H and O–H groups in total. The number of carbonyl (C=O) groups is 1. The maximum Gasteiger partial charge on any atom is 0.307 e. The van der Waals surface area contributed by atoms with E-state index in [1.807, 2.05) is 55.5 Å². The predicted octanol–water partition coefficient (Wildman–Crippen LogP) is 5.94. The standard InChI is InChI=1S/C29H30N2O4S/c1-21(19-29(32)35-3)31(20-22-9-5-4-6-10-22)28-18-17-27(25-11-7-8-12-26(25)28)30-36(33)24-15-13-23(34-2)14-16-24/h4-18,21,30H,19-20H2,1-3H3/t21-,36?/m0/s1. The molecular weight excluding hydrogens is 472 g/mol. The summed E-state index contributed by atoms with van der Waals surface area (Å²) in [5, 5.41) is 1.95. The molecule has 4 aromatic carbocycles. The van der Waals surface area contributed by atoms with Crippen molar-refractivity contribution in [3.63, 3.8) is 0 Å². The largest absolute Gasteiger partial charge is 0.588 e. The molecule has 6 nitrogen and oxygen atoms in total. The van der Waals surface area contributed by atoms with E-state index in [9.17, 15) is 9.35 Å². The number of hydrogen-bond acceptors (Lipinski definition) is 6. The molecule has 1 unspecified atom stereocenters. The molecule has 0 aliphatic heterocycles. The van der Waals surface area contributed by atoms with E-state index in [0.717, 1.165) is 27.7 Å². The molecule has 0 heterocycles. The van der Waals surface area contributed by atoms with Crippen molar-refractivity contribution in [3.05, 3.63) is 96.6 Å². The van der Waals surface area contributed by atoms with Crippen LogP contribution in [0.4, 0.5) is 11.4 Å². The molecule has 4 rings (SSSR count). The highest BCUT2D eigenvalue weighted by Crippen LogP contribution is 2.35. The van der Waals surface area contributed by atoms with E-state index in [1.165, 1.54) is 7.11 Å². The van der Waals surface area contributed by atoms with Gasteiger partial charge in [-0.2, -0.15) is 0 Å². The molecule has 0 aliphatic carbocycles. The molecule has 2 atom stereocenters. The van der Waals surface area contributed by atoms with E-state index in [4.69, 9.17) is 9.47 Å². The van der Waals surface area contributed by atoms with Gasteiger partial charge < -0.3 is 18.9 Å². The topological polar surface area (TPSA) is 73.9 Å². The number of nitrogens with one attached hydrogen (secondary N) is 1. The lowest BCUT2D eigenvalue weighted by Crippen LogP contribution is -2.34. The van der Waals surface area contributed by atoms with E-state index in [0.29, 0.717) is 17.2 Å². The maximum atomic E-state index is 13.1. The number of nitrogens with zero attached hydrogens (tertiary/aromatic N) is 1. The van der Waals surface area contributed by atoms with Crippen LogP contribution in [0.25, 0.3) is 10.8 Å². The number of rotatable bonds is 10. The first-order valence-electron chi connectivity index (χ1n) is 11.7. The average Bonchev–Trinajstić information content (AvgIpc) is 2.92. The van der Waals surface area contributed by atoms with Crippen molar-refractivity contribution >= 4 is 39.5 Å². The molecule has 36 heavy (non-hydrogen) atoms. The first-order chi connectivity index (χ1) is 17.5. The van der Waals surface area contributed by atoms with Gasteiger partial charge in [-0.3, -0.25) is 4.79 Å². The molecule has 7 heteroatoms. The summed E-state index contributed by atoms with van der Waals surface area (Å²) in [7, 11) is 3.01. The Kier molecular flexibility index (Phi) is 8.36. The minimum atomic E-state index is -1.45. The molecule has 0 fully saturated rings. The minimum Gasteiger partial charge on any atom is -0.588 e. The van der Waals surface area contributed by atoms with Gasteiger partial charge in [-0.25, -0.2) is 4.72 Å². The summed E-state index contributed by atoms with van der Waals surface area (Å²) in [5.74, 6) is 0.461. The van der Waals surface area contributed by atoms with Crippen LogP contribution < -0.4 is 14.4 Å². The third kappa shape index (κ3) is 5.93. The zero-order valence-electron chi connectivity index (χ0n) is 20.6. The number of ether oxygens (including phenoxy) is 2. The van der Waals surface area contributed by atoms with Crippen LogP contribution in [0.1, 0.15) is 18.9 Å². The van der Waals surface area contributed by atoms with Crippen LogP contribution >= 0.6 is 0 Å². The van der Waals surface area contributed by atoms with Crippen molar-refractivity contribution < 1.29 is 18.8 Å². The third-order valence-corrected chi connectivity index (χ3v) is 7.21. The fourth-order valence-corrected chi connectivity index (χ4v) is 5.05. The van der Waals surface area contributed by atoms with Gasteiger partial charge in [0, 0.05) is 29.0 Å². The van der Waals surface area contributed by atoms with Crippen molar-refractivity contribution in [2.75, 3.05) is 23.8 Å². The smallest absolute Gasteiger partial charge is 0.307 e. The first kappa shape index (κ1) is 25.4. The maximum absolute atomic E-state index is 13.1. The van der Waals surface area contributed by atoms with Gasteiger partial charge in [-0.1, -0.05) is 54.6 Å². The van der Waals surface area contributed by atoms with Crippen molar-refractivity contribution in [1.82, 2.24) is 0 Å². The molecule has 0 saturated carbocycles. The number of benzene rings is 4. The van der Waals surface area contributed by atoms with Gasteiger partial charge in [-0.15, -0.1) is 0 Å². The van der Waals surface area contributed by atoms with E-state index in [2.05, 4.69) is 27.8 Å². The number of hydrogen-bond donors (Lipinski definition) is 1. The lowest BCUT2D eigenvalue weighted by atomic mass is 10.0. The zero-order chi connectivity index (χ0) is 25.5. The second-order valence-electron chi connectivity index (χ2n) is 8.47. The lowest BCUT2D eigenvalue weighted by molar-refractivity contribution is -0.140. The van der Waals surface area contributed by atoms with E-state index in [1.54, 1.807) is 31.4 Å². The van der Waals surface area contributed by atoms with Crippen molar-refractivity contribution in [1.29, 1.82) is 0 Å². The Balaban J connectivity index is 1.70. The summed E-state index contributed by atoms with van der Waals surface area (Å²) >= 11 is -1.45. The summed E-state index contributed by atoms with van der Waals surface area (Å²) in [6.45, 7) is 2.66. The summed E-state index contributed by atoms with van der Waals surface area (Å²) in [5.41, 5.74) is 2.90. The SMILES string of the molecule is COC(=O)C[C@H](C)N(Cc1ccccc1)c1ccc(N[S+]([O-])c2ccc(OC)cc2)c2ccccc12. The van der Waals surface area contributed by atoms with Crippen molar-refractivity contribution in [2.45, 2.75) is 30.8 Å². The molecule has 186 valence electrons. The summed E-state index contributed by atoms with van der Waals surface area (Å²) in [6.07, 6.45) is 0.263. The van der Waals surface area contributed by atoms with Gasteiger partial charge in [0.15, 0.2) is 4.90 Å². The Labute approximate surface area is 215 Å². The Morgan fingerprint density at radius 3 is 2.25 bits per heavy atom. The van der Waals surface area contributed by atoms with Crippen LogP contribution in [-0.4, -0.2) is 30.8 Å². The second kappa shape index (κ2) is 11.8. The number of carbonyl (C=O) groups excluding carboxylic acids is 1. The Morgan fingerprint density at radius 2 is 1.58 bits per heavy atom. The van der Waals surface area contributed by atoms with Gasteiger partial charge >= 0.3 is 5.97 Å². The van der Waals surface area contributed by atoms with E-state index >= 15 is 0 Å². The lowest BCUT2D eigenvalue weighted by Gasteiger charge is -2.32. The molecule has 0 amide bonds. The van der Waals surface area contributed by atoms with Crippen LogP contribution in [0.2, 0.25) is 0 Å². The molecule has 0 radical (unpaired) electrons. The number of methoxy groups -OCH3 is 2. The third-order valence-electron chi connectivity index (χ3n) is 6.10. The van der Waals surface area contributed by atoms with Gasteiger partial charge in [0.2, 0.25) is 0 Å². The molecule has 0 spiro atoms. The fraction of sp³-hybridized carbons (Fsp3) is 0.207. The van der Waals surface area contributed by atoms with Crippen LogP contribution in [0, 0.1) is 0 Å². The summed E-state index contributed by atoms with van der Waals surface area (Å²) < 4.78 is 26.4. The number of esters is 1. The van der Waals surface area contributed by atoms with Crippen LogP contribution in [0.3, 0.4) is 0 Å². The Bertz CT molecular complexity index is 1300. The van der Waals surface area contributed by atoms with Crippen LogP contribution in [0.5, 0.6) is 5.75 Å². The quantitative estimate of drug-likeness (QED) is 0.214. The summed E-state index contributed by atoms with van der Waals surface area (Å²) in [4.78, 5) is 15.0. The highest BCUT2D eigenvalue weighted by Gasteiger charge is 2.22. The highest BCUT2D eigenvalue weighted by molar-refractivity contribution is 7.92. The zero-order valence-corrected chi connectivity index (χ0v) is 21.5. The van der Waals surface area contributed by atoms with Gasteiger partial charge in [0.25, 0.3) is 0 Å². The van der Waals surface area contributed by atoms with Crippen molar-refractivity contribution in [2.24, 2.45) is 0 Å². The van der Waals surface area contributed by atoms with Crippen LogP contribution in [-0.2, 0) is 27.4 Å². The summed E-state index contributed by atoms with van der Waals surface area (Å²) in [6, 6.07) is 29.2. The molecule has 0 aliphatic rings. The van der Waals surface area contributed by atoms with Crippen LogP contribution in [0.15, 0.2) is 95.9 Å². The molecule has 4 aromatic rings. The highest BCUT2D eigenvalue weighted by atomic mass is 32.2. The van der Waals surface area contributed by atoms with Gasteiger partial charge in [-0.05, 0) is 48.9 Å². The number of anilines is 2. The monoisotopic (exact) mass is 502 g/mol. The van der Waals surface area contributed by atoms with Crippen molar-refractivity contribution in [3.8, 4) is 5.75 Å². The Hall–Kier alpha value is -3.68. The predicted molar refractivity (Wildman–Crippen MR) is 146 cm³/mol. The minimum absolute atomic E-state index is 0.103. The molecule has 0 aromatic heterocycles. The second-order valence-corrected chi connectivity index (χ2v) is 9.68. The molecule has 0 bridgehead atoms.